The number of carbonyl (C=O) groups is 1. The van der Waals surface area contributed by atoms with Gasteiger partial charge in [-0.1, -0.05) is 19.8 Å². The minimum absolute atomic E-state index is 0.200. The van der Waals surface area contributed by atoms with Gasteiger partial charge in [-0.05, 0) is 31.6 Å². The zero-order chi connectivity index (χ0) is 14.4. The van der Waals surface area contributed by atoms with Gasteiger partial charge in [0.15, 0.2) is 5.13 Å². The first-order chi connectivity index (χ1) is 9.67. The second-order valence-electron chi connectivity index (χ2n) is 5.42. The molecule has 0 radical (unpaired) electrons. The zero-order valence-corrected chi connectivity index (χ0v) is 12.7. The Morgan fingerprint density at radius 2 is 2.40 bits per heavy atom. The topological polar surface area (TPSA) is 74.2 Å². The van der Waals surface area contributed by atoms with E-state index in [-0.39, 0.29) is 12.1 Å². The summed E-state index contributed by atoms with van der Waals surface area (Å²) in [5.74, 6) is 0.386. The molecule has 112 valence electrons. The summed E-state index contributed by atoms with van der Waals surface area (Å²) in [5, 5.41) is 17.9. The van der Waals surface area contributed by atoms with E-state index in [9.17, 15) is 9.90 Å². The Labute approximate surface area is 123 Å². The molecule has 20 heavy (non-hydrogen) atoms. The van der Waals surface area contributed by atoms with E-state index in [1.165, 1.54) is 11.3 Å². The van der Waals surface area contributed by atoms with E-state index in [2.05, 4.69) is 22.5 Å². The molecule has 6 heteroatoms. The number of aromatic nitrogens is 1. The van der Waals surface area contributed by atoms with Gasteiger partial charge in [-0.2, -0.15) is 0 Å². The summed E-state index contributed by atoms with van der Waals surface area (Å²) in [6.07, 6.45) is 5.60. The molecular formula is C14H23N3O2S. The van der Waals surface area contributed by atoms with Crippen LogP contribution in [-0.4, -0.2) is 28.8 Å². The number of nitrogens with one attached hydrogen (secondary N) is 2. The summed E-state index contributed by atoms with van der Waals surface area (Å²) in [6.45, 7) is 2.73. The highest BCUT2D eigenvalue weighted by molar-refractivity contribution is 7.13. The molecule has 0 saturated heterocycles. The van der Waals surface area contributed by atoms with Crippen molar-refractivity contribution in [3.63, 3.8) is 0 Å². The van der Waals surface area contributed by atoms with Crippen LogP contribution in [0.1, 0.15) is 44.7 Å². The number of amides is 2. The van der Waals surface area contributed by atoms with E-state index in [4.69, 9.17) is 0 Å². The van der Waals surface area contributed by atoms with Crippen LogP contribution in [0.3, 0.4) is 0 Å². The van der Waals surface area contributed by atoms with Crippen LogP contribution in [0.5, 0.6) is 0 Å². The van der Waals surface area contributed by atoms with Crippen LogP contribution in [0.25, 0.3) is 0 Å². The highest BCUT2D eigenvalue weighted by Crippen LogP contribution is 2.23. The van der Waals surface area contributed by atoms with Crippen molar-refractivity contribution in [2.24, 2.45) is 5.92 Å². The summed E-state index contributed by atoms with van der Waals surface area (Å²) < 4.78 is 0. The monoisotopic (exact) mass is 297 g/mol. The maximum Gasteiger partial charge on any atom is 0.321 e. The smallest absolute Gasteiger partial charge is 0.321 e. The Kier molecular flexibility index (Phi) is 5.79. The molecule has 2 amide bonds. The predicted octanol–water partition coefficient (Wildman–Crippen LogP) is 2.77. The lowest BCUT2D eigenvalue weighted by molar-refractivity contribution is 0.101. The van der Waals surface area contributed by atoms with Crippen LogP contribution in [0.4, 0.5) is 9.93 Å². The number of rotatable bonds is 5. The Bertz CT molecular complexity index is 436. The van der Waals surface area contributed by atoms with Gasteiger partial charge >= 0.3 is 6.03 Å². The van der Waals surface area contributed by atoms with Gasteiger partial charge in [-0.25, -0.2) is 9.78 Å². The number of hydrogen-bond donors (Lipinski definition) is 3. The van der Waals surface area contributed by atoms with Gasteiger partial charge in [-0.3, -0.25) is 5.32 Å². The molecule has 1 aromatic rings. The van der Waals surface area contributed by atoms with Crippen molar-refractivity contribution in [3.05, 3.63) is 11.1 Å². The number of nitrogens with zero attached hydrogens (tertiary/aromatic N) is 1. The molecule has 2 atom stereocenters. The molecule has 0 unspecified atom stereocenters. The number of thiazole rings is 1. The Hall–Kier alpha value is -1.14. The van der Waals surface area contributed by atoms with Gasteiger partial charge in [0.1, 0.15) is 0 Å². The summed E-state index contributed by atoms with van der Waals surface area (Å²) >= 11 is 1.46. The van der Waals surface area contributed by atoms with Crippen molar-refractivity contribution in [2.75, 3.05) is 11.9 Å². The third kappa shape index (κ3) is 4.76. The fraction of sp³-hybridized carbons (Fsp3) is 0.714. The lowest BCUT2D eigenvalue weighted by Crippen LogP contribution is -2.35. The Morgan fingerprint density at radius 1 is 1.55 bits per heavy atom. The Morgan fingerprint density at radius 3 is 3.15 bits per heavy atom. The fourth-order valence-electron chi connectivity index (χ4n) is 2.56. The van der Waals surface area contributed by atoms with E-state index in [1.54, 1.807) is 0 Å². The number of hydrogen-bond acceptors (Lipinski definition) is 4. The molecule has 0 spiro atoms. The van der Waals surface area contributed by atoms with E-state index < -0.39 is 0 Å². The average molecular weight is 297 g/mol. The van der Waals surface area contributed by atoms with E-state index in [1.807, 2.05) is 5.38 Å². The van der Waals surface area contributed by atoms with Crippen LogP contribution < -0.4 is 10.6 Å². The van der Waals surface area contributed by atoms with E-state index in [0.29, 0.717) is 17.6 Å². The molecule has 1 fully saturated rings. The van der Waals surface area contributed by atoms with E-state index >= 15 is 0 Å². The molecule has 1 aromatic heterocycles. The standard InChI is InChI=1S/C14H23N3O2S/c1-2-4-11-9-20-14(16-11)17-13(19)15-8-10-5-3-6-12(18)7-10/h9-10,12,18H,2-8H2,1H3,(H2,15,16,17,19)/t10-,12+/m1/s1. The fourth-order valence-corrected chi connectivity index (χ4v) is 3.30. The number of anilines is 1. The normalized spacial score (nSPS) is 22.5. The molecule has 5 nitrogen and oxygen atoms in total. The van der Waals surface area contributed by atoms with Gasteiger partial charge in [-0.15, -0.1) is 11.3 Å². The molecule has 1 aliphatic carbocycles. The maximum absolute atomic E-state index is 11.8. The average Bonchev–Trinajstić information content (AvgIpc) is 2.84. The van der Waals surface area contributed by atoms with Crippen LogP contribution in [-0.2, 0) is 6.42 Å². The molecule has 0 bridgehead atoms. The van der Waals surface area contributed by atoms with Crippen LogP contribution in [0, 0.1) is 5.92 Å². The molecule has 0 aliphatic heterocycles. The third-order valence-electron chi connectivity index (χ3n) is 3.58. The van der Waals surface area contributed by atoms with Gasteiger partial charge in [0.2, 0.25) is 0 Å². The molecule has 2 rings (SSSR count). The maximum atomic E-state index is 11.8. The first-order valence-electron chi connectivity index (χ1n) is 7.34. The van der Waals surface area contributed by atoms with Crippen molar-refractivity contribution >= 4 is 22.5 Å². The van der Waals surface area contributed by atoms with Gasteiger partial charge in [0, 0.05) is 11.9 Å². The van der Waals surface area contributed by atoms with Gasteiger partial charge < -0.3 is 10.4 Å². The molecule has 1 saturated carbocycles. The molecule has 3 N–H and O–H groups in total. The Balaban J connectivity index is 1.71. The second-order valence-corrected chi connectivity index (χ2v) is 6.27. The summed E-state index contributed by atoms with van der Waals surface area (Å²) in [5.41, 5.74) is 1.03. The van der Waals surface area contributed by atoms with E-state index in [0.717, 1.165) is 44.2 Å². The number of aryl methyl sites for hydroxylation is 1. The quantitative estimate of drug-likeness (QED) is 0.782. The van der Waals surface area contributed by atoms with Crippen molar-refractivity contribution in [1.29, 1.82) is 0 Å². The first-order valence-corrected chi connectivity index (χ1v) is 8.22. The third-order valence-corrected chi connectivity index (χ3v) is 4.39. The lowest BCUT2D eigenvalue weighted by Gasteiger charge is -2.25. The highest BCUT2D eigenvalue weighted by Gasteiger charge is 2.20. The summed E-state index contributed by atoms with van der Waals surface area (Å²) in [4.78, 5) is 16.1. The molecule has 1 aliphatic rings. The number of aliphatic hydroxyl groups is 1. The van der Waals surface area contributed by atoms with Crippen molar-refractivity contribution in [2.45, 2.75) is 51.6 Å². The summed E-state index contributed by atoms with van der Waals surface area (Å²) in [6, 6.07) is -0.206. The van der Waals surface area contributed by atoms with Crippen LogP contribution >= 0.6 is 11.3 Å². The van der Waals surface area contributed by atoms with Gasteiger partial charge in [0.05, 0.1) is 11.8 Å². The van der Waals surface area contributed by atoms with Crippen LogP contribution in [0.15, 0.2) is 5.38 Å². The van der Waals surface area contributed by atoms with Crippen molar-refractivity contribution < 1.29 is 9.90 Å². The van der Waals surface area contributed by atoms with Crippen molar-refractivity contribution in [3.8, 4) is 0 Å². The van der Waals surface area contributed by atoms with Crippen LogP contribution in [0.2, 0.25) is 0 Å². The minimum Gasteiger partial charge on any atom is -0.393 e. The van der Waals surface area contributed by atoms with Crippen molar-refractivity contribution in [1.82, 2.24) is 10.3 Å². The lowest BCUT2D eigenvalue weighted by atomic mass is 9.87. The highest BCUT2D eigenvalue weighted by atomic mass is 32.1. The number of aliphatic hydroxyl groups excluding tert-OH is 1. The van der Waals surface area contributed by atoms with Gasteiger partial charge in [0.25, 0.3) is 0 Å². The minimum atomic E-state index is -0.206. The first kappa shape index (κ1) is 15.3. The predicted molar refractivity (Wildman–Crippen MR) is 81.1 cm³/mol. The zero-order valence-electron chi connectivity index (χ0n) is 11.9. The number of urea groups is 1. The molecular weight excluding hydrogens is 274 g/mol. The second kappa shape index (κ2) is 7.59. The SMILES string of the molecule is CCCc1csc(NC(=O)NC[C@@H]2CCC[C@H](O)C2)n1. The largest absolute Gasteiger partial charge is 0.393 e. The summed E-state index contributed by atoms with van der Waals surface area (Å²) in [7, 11) is 0. The molecule has 1 heterocycles. The number of carbonyl (C=O) groups excluding carboxylic acids is 1. The molecule has 0 aromatic carbocycles.